The maximum absolute atomic E-state index is 10.7. The largest absolute Gasteiger partial charge is 2.00 e. The van der Waals surface area contributed by atoms with Crippen molar-refractivity contribution in [3.05, 3.63) is 52.8 Å². The van der Waals surface area contributed by atoms with Crippen LogP contribution in [0, 0.1) is 13.8 Å². The molecule has 0 saturated heterocycles. The van der Waals surface area contributed by atoms with Gasteiger partial charge in [-0.15, -0.1) is 0 Å². The molecule has 217 valence electrons. The number of aryl methyl sites for hydroxylation is 2. The molecule has 0 amide bonds. The van der Waals surface area contributed by atoms with Gasteiger partial charge in [0.15, 0.2) is 10.1 Å². The number of hydrogen-bond donors (Lipinski definition) is 0. The van der Waals surface area contributed by atoms with E-state index in [2.05, 4.69) is 106 Å². The zero-order valence-corrected chi connectivity index (χ0v) is 28.3. The Kier molecular flexibility index (Phi) is 15.2. The van der Waals surface area contributed by atoms with Crippen molar-refractivity contribution in [2.45, 2.75) is 97.4 Å². The molecule has 0 saturated carbocycles. The maximum Gasteiger partial charge on any atom is 2.00 e. The van der Waals surface area contributed by atoms with Crippen LogP contribution in [-0.4, -0.2) is 41.1 Å². The molecule has 2 aromatic rings. The Balaban J connectivity index is 0.00000132. The molecule has 4 nitrogen and oxygen atoms in total. The van der Waals surface area contributed by atoms with Gasteiger partial charge in [-0.25, -0.2) is 8.42 Å². The second-order valence-electron chi connectivity index (χ2n) is 10.6. The van der Waals surface area contributed by atoms with Gasteiger partial charge in [-0.2, -0.15) is 13.2 Å². The summed E-state index contributed by atoms with van der Waals surface area (Å²) in [5.41, 5.74) is 2.22. The SMILES string of the molecule is Cc1ccc([N-]c2ccc(C)cc2[PH+](C(C)C)C(C)C)c([PH+](C(C)C)C(C)C)c1.O=S(=O)([O-])C(F)(F)F.[Rh+2]. The fourth-order valence-electron chi connectivity index (χ4n) is 4.66. The summed E-state index contributed by atoms with van der Waals surface area (Å²) in [6.07, 6.45) is 0. The molecule has 0 fully saturated rings. The molecule has 0 spiro atoms. The maximum atomic E-state index is 10.7. The summed E-state index contributed by atoms with van der Waals surface area (Å²) in [6, 6.07) is 13.8. The van der Waals surface area contributed by atoms with Gasteiger partial charge in [-0.1, -0.05) is 35.6 Å². The third-order valence-electron chi connectivity index (χ3n) is 5.94. The normalized spacial score (nSPS) is 12.3. The molecule has 0 bridgehead atoms. The van der Waals surface area contributed by atoms with Crippen LogP contribution in [0.5, 0.6) is 0 Å². The molecule has 0 atom stereocenters. The van der Waals surface area contributed by atoms with Crippen LogP contribution in [0.3, 0.4) is 0 Å². The minimum absolute atomic E-state index is 0. The minimum atomic E-state index is -6.09. The van der Waals surface area contributed by atoms with E-state index in [1.165, 1.54) is 33.1 Å². The van der Waals surface area contributed by atoms with Crippen LogP contribution in [0.25, 0.3) is 5.32 Å². The van der Waals surface area contributed by atoms with E-state index in [-0.39, 0.29) is 19.5 Å². The monoisotopic (exact) mass is 682 g/mol. The molecule has 0 aliphatic rings. The number of benzene rings is 2. The average Bonchev–Trinajstić information content (AvgIpc) is 2.69. The molecule has 0 N–H and O–H groups in total. The van der Waals surface area contributed by atoms with Gasteiger partial charge in [-0.05, 0) is 92.5 Å². The van der Waals surface area contributed by atoms with Gasteiger partial charge in [0.2, 0.25) is 0 Å². The smallest absolute Gasteiger partial charge is 0.741 e. The Morgan fingerprint density at radius 1 is 0.711 bits per heavy atom. The number of nitrogens with zero attached hydrogens (tertiary/aromatic N) is 1. The third-order valence-corrected chi connectivity index (χ3v) is 13.5. The molecular weight excluding hydrogens is 640 g/mol. The number of halogens is 3. The van der Waals surface area contributed by atoms with Crippen LogP contribution in [0.15, 0.2) is 36.4 Å². The molecular formula is C27H42F3NO3P2RhS+2. The zero-order valence-electron chi connectivity index (χ0n) is 23.8. The van der Waals surface area contributed by atoms with Crippen LogP contribution < -0.4 is 10.6 Å². The van der Waals surface area contributed by atoms with Crippen LogP contribution in [0.4, 0.5) is 24.5 Å². The Labute approximate surface area is 243 Å². The molecule has 0 aromatic heterocycles. The first kappa shape index (κ1) is 37.4. The van der Waals surface area contributed by atoms with E-state index < -0.39 is 31.5 Å². The van der Waals surface area contributed by atoms with Gasteiger partial charge in [0.05, 0.1) is 33.2 Å². The van der Waals surface area contributed by atoms with Crippen molar-refractivity contribution in [1.29, 1.82) is 0 Å². The minimum Gasteiger partial charge on any atom is -0.741 e. The van der Waals surface area contributed by atoms with Gasteiger partial charge in [0, 0.05) is 15.8 Å². The second kappa shape index (κ2) is 15.4. The summed E-state index contributed by atoms with van der Waals surface area (Å²) >= 11 is 0. The van der Waals surface area contributed by atoms with Gasteiger partial charge in [0.1, 0.15) is 0 Å². The Hall–Kier alpha value is -0.577. The fraction of sp³-hybridized carbons (Fsp3) is 0.556. The summed E-state index contributed by atoms with van der Waals surface area (Å²) in [6.45, 7) is 23.5. The van der Waals surface area contributed by atoms with E-state index in [1.807, 2.05) is 0 Å². The van der Waals surface area contributed by atoms with E-state index in [1.54, 1.807) is 0 Å². The molecule has 38 heavy (non-hydrogen) atoms. The predicted molar refractivity (Wildman–Crippen MR) is 157 cm³/mol. The van der Waals surface area contributed by atoms with Crippen molar-refractivity contribution in [2.24, 2.45) is 0 Å². The molecule has 0 aliphatic carbocycles. The summed E-state index contributed by atoms with van der Waals surface area (Å²) in [7, 11) is -7.46. The second-order valence-corrected chi connectivity index (χ2v) is 19.5. The molecule has 2 rings (SSSR count). The topological polar surface area (TPSA) is 71.3 Å². The van der Waals surface area contributed by atoms with E-state index in [4.69, 9.17) is 18.3 Å². The molecule has 11 heteroatoms. The van der Waals surface area contributed by atoms with Crippen molar-refractivity contribution < 1.29 is 45.6 Å². The van der Waals surface area contributed by atoms with Crippen LogP contribution in [0.1, 0.15) is 66.5 Å². The number of rotatable bonds is 8. The summed E-state index contributed by atoms with van der Waals surface area (Å²) in [4.78, 5) is 0. The van der Waals surface area contributed by atoms with Gasteiger partial charge in [-0.3, -0.25) is 0 Å². The van der Waals surface area contributed by atoms with E-state index >= 15 is 0 Å². The summed E-state index contributed by atoms with van der Waals surface area (Å²) in [5.74, 6) is 0. The van der Waals surface area contributed by atoms with Crippen molar-refractivity contribution in [3.8, 4) is 0 Å². The first-order chi connectivity index (χ1) is 16.8. The van der Waals surface area contributed by atoms with Crippen molar-refractivity contribution in [1.82, 2.24) is 0 Å². The molecule has 0 aliphatic heterocycles. The molecule has 0 unspecified atom stereocenters. The summed E-state index contributed by atoms with van der Waals surface area (Å²) in [5, 5.41) is 8.36. The standard InChI is InChI=1S/C26H40NP2.CHF3O3S.Rh/c1-17(2)28(18(3)4)25-15-21(9)11-13-23(25)27-24-14-12-22(10)16-26(24)29(19(5)6)20(7)8;2-1(3,4)8(5,6)7;/h11-20H,1-10H3;(H,5,6,7);/q-1;;+2/p+1. The zero-order chi connectivity index (χ0) is 28.9. The first-order valence-electron chi connectivity index (χ1n) is 12.5. The van der Waals surface area contributed by atoms with Crippen LogP contribution >= 0.6 is 15.8 Å². The van der Waals surface area contributed by atoms with Crippen molar-refractivity contribution >= 4 is 47.9 Å². The predicted octanol–water partition coefficient (Wildman–Crippen LogP) is 8.00. The van der Waals surface area contributed by atoms with E-state index in [9.17, 15) is 13.2 Å². The van der Waals surface area contributed by atoms with Crippen LogP contribution in [0.2, 0.25) is 0 Å². The van der Waals surface area contributed by atoms with Gasteiger partial charge >= 0.3 is 25.0 Å². The Bertz CT molecular complexity index is 1060. The molecule has 2 aromatic carbocycles. The van der Waals surface area contributed by atoms with Crippen molar-refractivity contribution in [3.63, 3.8) is 0 Å². The van der Waals surface area contributed by atoms with E-state index in [0.29, 0.717) is 22.6 Å². The number of alkyl halides is 3. The molecule has 0 heterocycles. The van der Waals surface area contributed by atoms with Gasteiger partial charge in [0.25, 0.3) is 0 Å². The summed E-state index contributed by atoms with van der Waals surface area (Å²) < 4.78 is 58.9. The fourth-order valence-corrected chi connectivity index (χ4v) is 11.5. The quantitative estimate of drug-likeness (QED) is 0.123. The molecule has 1 radical (unpaired) electrons. The van der Waals surface area contributed by atoms with Crippen molar-refractivity contribution in [2.75, 3.05) is 0 Å². The van der Waals surface area contributed by atoms with Crippen LogP contribution in [-0.2, 0) is 29.6 Å². The first-order valence-corrected chi connectivity index (χ1v) is 17.2. The average molecular weight is 683 g/mol. The number of hydrogen-bond acceptors (Lipinski definition) is 3. The Morgan fingerprint density at radius 3 is 1.18 bits per heavy atom. The van der Waals surface area contributed by atoms with Gasteiger partial charge < -0.3 is 9.87 Å². The van der Waals surface area contributed by atoms with E-state index in [0.717, 1.165) is 0 Å². The Morgan fingerprint density at radius 2 is 0.974 bits per heavy atom. The third kappa shape index (κ3) is 10.8.